The SMILES string of the molecule is Cc1cc(Br)ccc1NC(=O)CNC(=O)NCc1ccccc1COC(C)C. The van der Waals surface area contributed by atoms with Gasteiger partial charge < -0.3 is 20.7 Å². The summed E-state index contributed by atoms with van der Waals surface area (Å²) in [5, 5.41) is 8.13. The predicted octanol–water partition coefficient (Wildman–Crippen LogP) is 4.12. The first-order chi connectivity index (χ1) is 13.3. The molecule has 0 unspecified atom stereocenters. The van der Waals surface area contributed by atoms with Crippen molar-refractivity contribution in [2.75, 3.05) is 11.9 Å². The summed E-state index contributed by atoms with van der Waals surface area (Å²) in [5.41, 5.74) is 3.66. The van der Waals surface area contributed by atoms with Crippen LogP contribution in [0.3, 0.4) is 0 Å². The van der Waals surface area contributed by atoms with Crippen LogP contribution in [0, 0.1) is 6.92 Å². The van der Waals surface area contributed by atoms with E-state index in [-0.39, 0.29) is 18.6 Å². The number of carbonyl (C=O) groups is 2. The summed E-state index contributed by atoms with van der Waals surface area (Å²) in [4.78, 5) is 24.1. The summed E-state index contributed by atoms with van der Waals surface area (Å²) >= 11 is 3.38. The number of hydrogen-bond donors (Lipinski definition) is 3. The molecule has 0 fully saturated rings. The highest BCUT2D eigenvalue weighted by Gasteiger charge is 2.09. The third-order valence-electron chi connectivity index (χ3n) is 4.00. The minimum atomic E-state index is -0.401. The lowest BCUT2D eigenvalue weighted by Crippen LogP contribution is -2.39. The minimum Gasteiger partial charge on any atom is -0.374 e. The van der Waals surface area contributed by atoms with Crippen molar-refractivity contribution >= 4 is 33.6 Å². The molecule has 6 nitrogen and oxygen atoms in total. The van der Waals surface area contributed by atoms with E-state index in [1.165, 1.54) is 0 Å². The van der Waals surface area contributed by atoms with Crippen LogP contribution in [0.2, 0.25) is 0 Å². The van der Waals surface area contributed by atoms with Crippen molar-refractivity contribution in [2.24, 2.45) is 0 Å². The van der Waals surface area contributed by atoms with Crippen LogP contribution in [0.1, 0.15) is 30.5 Å². The first-order valence-electron chi connectivity index (χ1n) is 9.11. The van der Waals surface area contributed by atoms with Gasteiger partial charge in [-0.3, -0.25) is 4.79 Å². The van der Waals surface area contributed by atoms with Crippen LogP contribution >= 0.6 is 15.9 Å². The molecular weight excluding hydrogens is 422 g/mol. The Hall–Kier alpha value is -2.38. The van der Waals surface area contributed by atoms with Crippen molar-refractivity contribution in [1.29, 1.82) is 0 Å². The van der Waals surface area contributed by atoms with Gasteiger partial charge in [0, 0.05) is 16.7 Å². The number of aryl methyl sites for hydroxylation is 1. The zero-order valence-corrected chi connectivity index (χ0v) is 17.9. The Kier molecular flexibility index (Phi) is 8.47. The van der Waals surface area contributed by atoms with Crippen molar-refractivity contribution in [3.8, 4) is 0 Å². The molecule has 150 valence electrons. The number of halogens is 1. The van der Waals surface area contributed by atoms with Crippen molar-refractivity contribution in [2.45, 2.75) is 40.0 Å². The van der Waals surface area contributed by atoms with Crippen molar-refractivity contribution in [3.63, 3.8) is 0 Å². The molecule has 28 heavy (non-hydrogen) atoms. The first kappa shape index (κ1) is 21.9. The summed E-state index contributed by atoms with van der Waals surface area (Å²) < 4.78 is 6.59. The number of anilines is 1. The average Bonchev–Trinajstić information content (AvgIpc) is 2.66. The molecule has 0 aliphatic heterocycles. The molecule has 2 aromatic carbocycles. The third kappa shape index (κ3) is 7.32. The molecule has 2 rings (SSSR count). The molecule has 0 aliphatic rings. The number of urea groups is 1. The van der Waals surface area contributed by atoms with E-state index in [9.17, 15) is 9.59 Å². The maximum absolute atomic E-state index is 12.0. The van der Waals surface area contributed by atoms with Crippen molar-refractivity contribution < 1.29 is 14.3 Å². The number of carbonyl (C=O) groups excluding carboxylic acids is 2. The topological polar surface area (TPSA) is 79.5 Å². The van der Waals surface area contributed by atoms with E-state index in [4.69, 9.17) is 4.74 Å². The van der Waals surface area contributed by atoms with Gasteiger partial charge in [-0.1, -0.05) is 40.2 Å². The molecule has 0 saturated heterocycles. The number of ether oxygens (including phenoxy) is 1. The van der Waals surface area contributed by atoms with Gasteiger partial charge in [0.1, 0.15) is 0 Å². The monoisotopic (exact) mass is 447 g/mol. The Morgan fingerprint density at radius 2 is 1.79 bits per heavy atom. The lowest BCUT2D eigenvalue weighted by molar-refractivity contribution is -0.115. The second-order valence-corrected chi connectivity index (χ2v) is 7.59. The molecule has 0 saturated carbocycles. The van der Waals surface area contributed by atoms with Gasteiger partial charge in [0.05, 0.1) is 19.3 Å². The van der Waals surface area contributed by atoms with Gasteiger partial charge in [0.25, 0.3) is 0 Å². The predicted molar refractivity (Wildman–Crippen MR) is 114 cm³/mol. The lowest BCUT2D eigenvalue weighted by Gasteiger charge is -2.13. The van der Waals surface area contributed by atoms with E-state index in [1.807, 2.05) is 63.2 Å². The van der Waals surface area contributed by atoms with Crippen LogP contribution in [-0.4, -0.2) is 24.6 Å². The standard InChI is InChI=1S/C21H26BrN3O3/c1-14(2)28-13-17-7-5-4-6-16(17)11-23-21(27)24-12-20(26)25-19-9-8-18(22)10-15(19)3/h4-10,14H,11-13H2,1-3H3,(H,25,26)(H2,23,24,27). The van der Waals surface area contributed by atoms with E-state index in [0.29, 0.717) is 13.2 Å². The van der Waals surface area contributed by atoms with Crippen LogP contribution in [0.4, 0.5) is 10.5 Å². The van der Waals surface area contributed by atoms with Crippen LogP contribution in [0.15, 0.2) is 46.9 Å². The van der Waals surface area contributed by atoms with Crippen molar-refractivity contribution in [1.82, 2.24) is 10.6 Å². The van der Waals surface area contributed by atoms with Gasteiger partial charge in [0.2, 0.25) is 5.91 Å². The van der Waals surface area contributed by atoms with E-state index >= 15 is 0 Å². The number of amides is 3. The second-order valence-electron chi connectivity index (χ2n) is 6.67. The normalized spacial score (nSPS) is 10.6. The van der Waals surface area contributed by atoms with E-state index in [0.717, 1.165) is 26.9 Å². The third-order valence-corrected chi connectivity index (χ3v) is 4.50. The average molecular weight is 448 g/mol. The van der Waals surface area contributed by atoms with Gasteiger partial charge in [-0.15, -0.1) is 0 Å². The number of rotatable bonds is 8. The van der Waals surface area contributed by atoms with Crippen LogP contribution in [0.25, 0.3) is 0 Å². The molecule has 3 N–H and O–H groups in total. The second kappa shape index (κ2) is 10.8. The Bertz CT molecular complexity index is 824. The first-order valence-corrected chi connectivity index (χ1v) is 9.90. The Morgan fingerprint density at radius 3 is 2.46 bits per heavy atom. The van der Waals surface area contributed by atoms with Gasteiger partial charge in [0.15, 0.2) is 0 Å². The van der Waals surface area contributed by atoms with Gasteiger partial charge in [-0.2, -0.15) is 0 Å². The molecule has 0 aliphatic carbocycles. The maximum atomic E-state index is 12.0. The van der Waals surface area contributed by atoms with Crippen LogP contribution in [0.5, 0.6) is 0 Å². The zero-order valence-electron chi connectivity index (χ0n) is 16.3. The quantitative estimate of drug-likeness (QED) is 0.569. The number of benzene rings is 2. The van der Waals surface area contributed by atoms with Crippen LogP contribution < -0.4 is 16.0 Å². The Balaban J connectivity index is 1.79. The molecule has 3 amide bonds. The zero-order chi connectivity index (χ0) is 20.5. The molecule has 7 heteroatoms. The molecule has 0 heterocycles. The number of nitrogens with one attached hydrogen (secondary N) is 3. The summed E-state index contributed by atoms with van der Waals surface area (Å²) in [6.07, 6.45) is 0.136. The fraction of sp³-hybridized carbons (Fsp3) is 0.333. The molecule has 0 spiro atoms. The van der Waals surface area contributed by atoms with E-state index in [1.54, 1.807) is 0 Å². The Labute approximate surface area is 174 Å². The van der Waals surface area contributed by atoms with Gasteiger partial charge >= 0.3 is 6.03 Å². The number of hydrogen-bond acceptors (Lipinski definition) is 3. The fourth-order valence-electron chi connectivity index (χ4n) is 2.49. The van der Waals surface area contributed by atoms with Crippen LogP contribution in [-0.2, 0) is 22.7 Å². The molecule has 2 aromatic rings. The molecule has 0 atom stereocenters. The van der Waals surface area contributed by atoms with Gasteiger partial charge in [-0.05, 0) is 55.7 Å². The summed E-state index contributed by atoms with van der Waals surface area (Å²) in [6.45, 7) is 6.60. The highest BCUT2D eigenvalue weighted by Crippen LogP contribution is 2.19. The highest BCUT2D eigenvalue weighted by atomic mass is 79.9. The highest BCUT2D eigenvalue weighted by molar-refractivity contribution is 9.10. The molecule has 0 bridgehead atoms. The molecule has 0 radical (unpaired) electrons. The van der Waals surface area contributed by atoms with Crippen molar-refractivity contribution in [3.05, 3.63) is 63.6 Å². The van der Waals surface area contributed by atoms with E-state index < -0.39 is 6.03 Å². The summed E-state index contributed by atoms with van der Waals surface area (Å²) in [5.74, 6) is -0.286. The fourth-order valence-corrected chi connectivity index (χ4v) is 2.96. The minimum absolute atomic E-state index is 0.112. The van der Waals surface area contributed by atoms with E-state index in [2.05, 4.69) is 31.9 Å². The molecular formula is C21H26BrN3O3. The maximum Gasteiger partial charge on any atom is 0.315 e. The van der Waals surface area contributed by atoms with Gasteiger partial charge in [-0.25, -0.2) is 4.79 Å². The molecule has 0 aromatic heterocycles. The lowest BCUT2D eigenvalue weighted by atomic mass is 10.1. The Morgan fingerprint density at radius 1 is 1.07 bits per heavy atom. The summed E-state index contributed by atoms with van der Waals surface area (Å²) in [7, 11) is 0. The largest absolute Gasteiger partial charge is 0.374 e. The summed E-state index contributed by atoms with van der Waals surface area (Å²) in [6, 6.07) is 13.0. The smallest absolute Gasteiger partial charge is 0.315 e.